The second-order valence-electron chi connectivity index (χ2n) is 4.68. The van der Waals surface area contributed by atoms with Crippen LogP contribution in [0, 0.1) is 5.82 Å². The molecule has 18 heavy (non-hydrogen) atoms. The molecule has 0 aromatic carbocycles. The SMILES string of the molecule is CNCc1ccnc(OCCC(C)(C)OC)c1F. The van der Waals surface area contributed by atoms with E-state index in [4.69, 9.17) is 9.47 Å². The normalized spacial score (nSPS) is 11.6. The van der Waals surface area contributed by atoms with Gasteiger partial charge in [0.2, 0.25) is 0 Å². The first kappa shape index (κ1) is 14.9. The first-order valence-corrected chi connectivity index (χ1v) is 5.96. The third-order valence-electron chi connectivity index (χ3n) is 2.80. The molecule has 0 amide bonds. The van der Waals surface area contributed by atoms with E-state index in [9.17, 15) is 4.39 Å². The Balaban J connectivity index is 2.60. The summed E-state index contributed by atoms with van der Waals surface area (Å²) < 4.78 is 24.5. The van der Waals surface area contributed by atoms with Crippen LogP contribution in [0.2, 0.25) is 0 Å². The van der Waals surface area contributed by atoms with Crippen LogP contribution in [0.1, 0.15) is 25.8 Å². The van der Waals surface area contributed by atoms with Gasteiger partial charge in [-0.05, 0) is 27.0 Å². The van der Waals surface area contributed by atoms with Crippen molar-refractivity contribution in [3.63, 3.8) is 0 Å². The highest BCUT2D eigenvalue weighted by Gasteiger charge is 2.17. The van der Waals surface area contributed by atoms with Crippen molar-refractivity contribution < 1.29 is 13.9 Å². The molecule has 1 aromatic rings. The van der Waals surface area contributed by atoms with Gasteiger partial charge >= 0.3 is 0 Å². The highest BCUT2D eigenvalue weighted by atomic mass is 19.1. The van der Waals surface area contributed by atoms with E-state index >= 15 is 0 Å². The molecule has 0 aliphatic heterocycles. The second kappa shape index (κ2) is 6.66. The molecule has 0 fully saturated rings. The summed E-state index contributed by atoms with van der Waals surface area (Å²) in [5, 5.41) is 2.90. The molecule has 0 aliphatic rings. The van der Waals surface area contributed by atoms with E-state index < -0.39 is 5.82 Å². The first-order chi connectivity index (χ1) is 8.50. The van der Waals surface area contributed by atoms with Crippen molar-refractivity contribution in [2.24, 2.45) is 0 Å². The molecular formula is C13H21FN2O2. The van der Waals surface area contributed by atoms with Crippen LogP contribution in [0.3, 0.4) is 0 Å². The zero-order valence-electron chi connectivity index (χ0n) is 11.4. The smallest absolute Gasteiger partial charge is 0.250 e. The Kier molecular flexibility index (Phi) is 5.50. The minimum absolute atomic E-state index is 0.0506. The van der Waals surface area contributed by atoms with Crippen LogP contribution in [-0.2, 0) is 11.3 Å². The summed E-state index contributed by atoms with van der Waals surface area (Å²) in [4.78, 5) is 3.90. The van der Waals surface area contributed by atoms with Crippen LogP contribution in [0.15, 0.2) is 12.3 Å². The predicted molar refractivity (Wildman–Crippen MR) is 68.2 cm³/mol. The van der Waals surface area contributed by atoms with Crippen molar-refractivity contribution in [1.82, 2.24) is 10.3 Å². The molecule has 0 bridgehead atoms. The average Bonchev–Trinajstić information content (AvgIpc) is 2.34. The van der Waals surface area contributed by atoms with E-state index in [0.717, 1.165) is 0 Å². The molecule has 0 saturated heterocycles. The number of aromatic nitrogens is 1. The Morgan fingerprint density at radius 1 is 1.44 bits per heavy atom. The maximum Gasteiger partial charge on any atom is 0.250 e. The number of halogens is 1. The Labute approximate surface area is 108 Å². The topological polar surface area (TPSA) is 43.4 Å². The Bertz CT molecular complexity index is 383. The largest absolute Gasteiger partial charge is 0.475 e. The number of rotatable bonds is 7. The number of hydrogen-bond donors (Lipinski definition) is 1. The highest BCUT2D eigenvalue weighted by Crippen LogP contribution is 2.19. The molecule has 1 aromatic heterocycles. The van der Waals surface area contributed by atoms with E-state index in [-0.39, 0.29) is 11.5 Å². The zero-order valence-corrected chi connectivity index (χ0v) is 11.4. The molecular weight excluding hydrogens is 235 g/mol. The molecule has 102 valence electrons. The van der Waals surface area contributed by atoms with Gasteiger partial charge in [0.05, 0.1) is 12.2 Å². The van der Waals surface area contributed by atoms with Crippen LogP contribution < -0.4 is 10.1 Å². The molecule has 0 radical (unpaired) electrons. The van der Waals surface area contributed by atoms with Gasteiger partial charge in [0.25, 0.3) is 5.88 Å². The zero-order chi connectivity index (χ0) is 13.6. The first-order valence-electron chi connectivity index (χ1n) is 5.96. The van der Waals surface area contributed by atoms with Gasteiger partial charge in [-0.15, -0.1) is 0 Å². The van der Waals surface area contributed by atoms with E-state index in [0.29, 0.717) is 25.1 Å². The Morgan fingerprint density at radius 3 is 2.78 bits per heavy atom. The van der Waals surface area contributed by atoms with Gasteiger partial charge in [-0.25, -0.2) is 9.37 Å². The van der Waals surface area contributed by atoms with Gasteiger partial charge in [0, 0.05) is 31.8 Å². The number of nitrogens with zero attached hydrogens (tertiary/aromatic N) is 1. The van der Waals surface area contributed by atoms with Gasteiger partial charge in [0.1, 0.15) is 0 Å². The molecule has 1 rings (SSSR count). The predicted octanol–water partition coefficient (Wildman–Crippen LogP) is 2.13. The van der Waals surface area contributed by atoms with E-state index in [1.807, 2.05) is 13.8 Å². The van der Waals surface area contributed by atoms with Crippen LogP contribution in [0.25, 0.3) is 0 Å². The lowest BCUT2D eigenvalue weighted by atomic mass is 10.1. The fourth-order valence-corrected chi connectivity index (χ4v) is 1.39. The fourth-order valence-electron chi connectivity index (χ4n) is 1.39. The second-order valence-corrected chi connectivity index (χ2v) is 4.68. The van der Waals surface area contributed by atoms with Crippen molar-refractivity contribution in [2.45, 2.75) is 32.4 Å². The van der Waals surface area contributed by atoms with Gasteiger partial charge < -0.3 is 14.8 Å². The highest BCUT2D eigenvalue weighted by molar-refractivity contribution is 5.23. The van der Waals surface area contributed by atoms with E-state index in [1.165, 1.54) is 0 Å². The molecule has 0 spiro atoms. The molecule has 0 saturated carbocycles. The quantitative estimate of drug-likeness (QED) is 0.811. The number of methoxy groups -OCH3 is 1. The van der Waals surface area contributed by atoms with Gasteiger partial charge in [-0.2, -0.15) is 0 Å². The molecule has 1 N–H and O–H groups in total. The fraction of sp³-hybridized carbons (Fsp3) is 0.615. The van der Waals surface area contributed by atoms with Crippen LogP contribution in [0.4, 0.5) is 4.39 Å². The Hall–Kier alpha value is -1.20. The summed E-state index contributed by atoms with van der Waals surface area (Å²) in [6, 6.07) is 1.64. The van der Waals surface area contributed by atoms with Crippen LogP contribution in [0.5, 0.6) is 5.88 Å². The van der Waals surface area contributed by atoms with Crippen molar-refractivity contribution in [3.8, 4) is 5.88 Å². The van der Waals surface area contributed by atoms with Crippen molar-refractivity contribution >= 4 is 0 Å². The van der Waals surface area contributed by atoms with Crippen LogP contribution >= 0.6 is 0 Å². The molecule has 4 nitrogen and oxygen atoms in total. The summed E-state index contributed by atoms with van der Waals surface area (Å²) in [6.07, 6.45) is 2.22. The van der Waals surface area contributed by atoms with Gasteiger partial charge in [0.15, 0.2) is 5.82 Å². The average molecular weight is 256 g/mol. The number of pyridine rings is 1. The maximum absolute atomic E-state index is 13.9. The molecule has 1 heterocycles. The number of hydrogen-bond acceptors (Lipinski definition) is 4. The lowest BCUT2D eigenvalue weighted by molar-refractivity contribution is 0.00471. The number of ether oxygens (including phenoxy) is 2. The minimum Gasteiger partial charge on any atom is -0.475 e. The van der Waals surface area contributed by atoms with Crippen LogP contribution in [-0.4, -0.2) is 31.3 Å². The number of nitrogens with one attached hydrogen (secondary N) is 1. The molecule has 0 aliphatic carbocycles. The van der Waals surface area contributed by atoms with Gasteiger partial charge in [-0.1, -0.05) is 0 Å². The summed E-state index contributed by atoms with van der Waals surface area (Å²) in [5.41, 5.74) is 0.271. The monoisotopic (exact) mass is 256 g/mol. The summed E-state index contributed by atoms with van der Waals surface area (Å²) >= 11 is 0. The summed E-state index contributed by atoms with van der Waals surface area (Å²) in [5.74, 6) is -0.350. The summed E-state index contributed by atoms with van der Waals surface area (Å²) in [7, 11) is 3.41. The molecule has 0 atom stereocenters. The molecule has 5 heteroatoms. The third-order valence-corrected chi connectivity index (χ3v) is 2.80. The maximum atomic E-state index is 13.9. The summed E-state index contributed by atoms with van der Waals surface area (Å²) in [6.45, 7) is 4.73. The standard InChI is InChI=1S/C13H21FN2O2/c1-13(2,17-4)6-8-18-12-11(14)10(9-15-3)5-7-16-12/h5,7,15H,6,8-9H2,1-4H3. The van der Waals surface area contributed by atoms with Crippen molar-refractivity contribution in [3.05, 3.63) is 23.6 Å². The Morgan fingerprint density at radius 2 is 2.17 bits per heavy atom. The van der Waals surface area contributed by atoms with Crippen molar-refractivity contribution in [2.75, 3.05) is 20.8 Å². The lowest BCUT2D eigenvalue weighted by Crippen LogP contribution is -2.25. The van der Waals surface area contributed by atoms with E-state index in [1.54, 1.807) is 26.4 Å². The lowest BCUT2D eigenvalue weighted by Gasteiger charge is -2.22. The molecule has 0 unspecified atom stereocenters. The van der Waals surface area contributed by atoms with Gasteiger partial charge in [-0.3, -0.25) is 0 Å². The van der Waals surface area contributed by atoms with Crippen molar-refractivity contribution in [1.29, 1.82) is 0 Å². The third kappa shape index (κ3) is 4.23. The minimum atomic E-state index is -0.401. The van der Waals surface area contributed by atoms with E-state index in [2.05, 4.69) is 10.3 Å².